The summed E-state index contributed by atoms with van der Waals surface area (Å²) in [5.74, 6) is 0.890. The van der Waals surface area contributed by atoms with Crippen LogP contribution in [0.2, 0.25) is 0 Å². The molecule has 86 valence electrons. The number of carbonyl (C=O) groups is 1. The fourth-order valence-electron chi connectivity index (χ4n) is 1.98. The van der Waals surface area contributed by atoms with Gasteiger partial charge in [0, 0.05) is 25.4 Å². The van der Waals surface area contributed by atoms with Crippen LogP contribution in [0, 0.1) is 0 Å². The monoisotopic (exact) mass is 228 g/mol. The minimum atomic E-state index is 0.0588. The standard InChI is InChI=1S/C12H12N4O/c17-10-7-14-6-9-12(10)16-11(15-9)5-8-1-3-13-4-2-8/h1-4,14H,5-7H2,(H,15,16). The lowest BCUT2D eigenvalue weighted by atomic mass is 10.2. The number of Topliss-reactive ketones (excluding diaryl/α,β-unsaturated/α-hetero) is 1. The molecule has 2 aromatic rings. The average molecular weight is 228 g/mol. The van der Waals surface area contributed by atoms with Gasteiger partial charge >= 0.3 is 0 Å². The van der Waals surface area contributed by atoms with Gasteiger partial charge in [-0.1, -0.05) is 0 Å². The van der Waals surface area contributed by atoms with Crippen molar-refractivity contribution >= 4 is 5.78 Å². The Morgan fingerprint density at radius 2 is 2.06 bits per heavy atom. The number of carbonyl (C=O) groups excluding carboxylic acids is 1. The maximum atomic E-state index is 11.6. The first-order valence-corrected chi connectivity index (χ1v) is 5.53. The highest BCUT2D eigenvalue weighted by Crippen LogP contribution is 2.13. The van der Waals surface area contributed by atoms with Gasteiger partial charge in [0.15, 0.2) is 5.78 Å². The van der Waals surface area contributed by atoms with Gasteiger partial charge < -0.3 is 10.3 Å². The first kappa shape index (κ1) is 10.2. The van der Waals surface area contributed by atoms with Gasteiger partial charge in [0.25, 0.3) is 0 Å². The number of fused-ring (bicyclic) bond motifs is 1. The van der Waals surface area contributed by atoms with Crippen LogP contribution < -0.4 is 5.32 Å². The summed E-state index contributed by atoms with van der Waals surface area (Å²) >= 11 is 0. The van der Waals surface area contributed by atoms with Crippen molar-refractivity contribution in [1.82, 2.24) is 20.3 Å². The molecule has 5 nitrogen and oxygen atoms in total. The van der Waals surface area contributed by atoms with Crippen LogP contribution in [0.15, 0.2) is 24.5 Å². The lowest BCUT2D eigenvalue weighted by molar-refractivity contribution is 0.0977. The molecule has 0 spiro atoms. The molecule has 0 bridgehead atoms. The van der Waals surface area contributed by atoms with Gasteiger partial charge in [-0.2, -0.15) is 0 Å². The summed E-state index contributed by atoms with van der Waals surface area (Å²) in [4.78, 5) is 23.1. The molecule has 2 N–H and O–H groups in total. The second-order valence-electron chi connectivity index (χ2n) is 4.07. The van der Waals surface area contributed by atoms with Crippen LogP contribution >= 0.6 is 0 Å². The molecule has 0 unspecified atom stereocenters. The number of nitrogens with zero attached hydrogens (tertiary/aromatic N) is 2. The van der Waals surface area contributed by atoms with Crippen LogP contribution in [0.5, 0.6) is 0 Å². The predicted molar refractivity (Wildman–Crippen MR) is 61.7 cm³/mol. The van der Waals surface area contributed by atoms with Crippen LogP contribution in [0.1, 0.15) is 27.6 Å². The highest BCUT2D eigenvalue weighted by Gasteiger charge is 2.21. The zero-order chi connectivity index (χ0) is 11.7. The summed E-state index contributed by atoms with van der Waals surface area (Å²) in [5.41, 5.74) is 2.62. The van der Waals surface area contributed by atoms with E-state index in [9.17, 15) is 4.79 Å². The fraction of sp³-hybridized carbons (Fsp3) is 0.250. The molecule has 1 aliphatic heterocycles. The van der Waals surface area contributed by atoms with E-state index < -0.39 is 0 Å². The number of hydrogen-bond acceptors (Lipinski definition) is 4. The van der Waals surface area contributed by atoms with E-state index in [4.69, 9.17) is 0 Å². The Balaban J connectivity index is 1.88. The lowest BCUT2D eigenvalue weighted by Crippen LogP contribution is -2.29. The van der Waals surface area contributed by atoms with Crippen LogP contribution in [-0.4, -0.2) is 27.3 Å². The quantitative estimate of drug-likeness (QED) is 0.793. The number of nitrogens with one attached hydrogen (secondary N) is 2. The van der Waals surface area contributed by atoms with Gasteiger partial charge in [-0.15, -0.1) is 0 Å². The SMILES string of the molecule is O=C1CNCc2[nH]c(Cc3ccncc3)nc21. The molecule has 0 radical (unpaired) electrons. The Kier molecular flexibility index (Phi) is 2.45. The number of ketones is 1. The minimum Gasteiger partial charge on any atom is -0.344 e. The van der Waals surface area contributed by atoms with E-state index in [1.54, 1.807) is 12.4 Å². The number of hydrogen-bond donors (Lipinski definition) is 2. The Bertz CT molecular complexity index is 547. The van der Waals surface area contributed by atoms with Gasteiger partial charge in [-0.05, 0) is 17.7 Å². The number of pyridine rings is 1. The number of imidazole rings is 1. The van der Waals surface area contributed by atoms with E-state index in [1.807, 2.05) is 12.1 Å². The van der Waals surface area contributed by atoms with Crippen molar-refractivity contribution in [2.45, 2.75) is 13.0 Å². The Morgan fingerprint density at radius 3 is 2.82 bits per heavy atom. The van der Waals surface area contributed by atoms with E-state index in [2.05, 4.69) is 20.3 Å². The number of rotatable bonds is 2. The van der Waals surface area contributed by atoms with E-state index in [1.165, 1.54) is 0 Å². The third-order valence-electron chi connectivity index (χ3n) is 2.80. The molecular weight excluding hydrogens is 216 g/mol. The van der Waals surface area contributed by atoms with Crippen molar-refractivity contribution in [3.05, 3.63) is 47.3 Å². The highest BCUT2D eigenvalue weighted by molar-refractivity contribution is 5.97. The van der Waals surface area contributed by atoms with Crippen molar-refractivity contribution in [1.29, 1.82) is 0 Å². The smallest absolute Gasteiger partial charge is 0.196 e. The maximum absolute atomic E-state index is 11.6. The summed E-state index contributed by atoms with van der Waals surface area (Å²) in [6.45, 7) is 1.07. The van der Waals surface area contributed by atoms with Crippen molar-refractivity contribution in [3.63, 3.8) is 0 Å². The Labute approximate surface area is 98.3 Å². The Hall–Kier alpha value is -2.01. The summed E-state index contributed by atoms with van der Waals surface area (Å²) in [6, 6.07) is 3.89. The third kappa shape index (κ3) is 1.97. The zero-order valence-corrected chi connectivity index (χ0v) is 9.23. The summed E-state index contributed by atoms with van der Waals surface area (Å²) in [7, 11) is 0. The van der Waals surface area contributed by atoms with Crippen molar-refractivity contribution in [3.8, 4) is 0 Å². The Morgan fingerprint density at radius 1 is 1.24 bits per heavy atom. The van der Waals surface area contributed by atoms with E-state index in [-0.39, 0.29) is 5.78 Å². The molecule has 3 heterocycles. The number of aromatic nitrogens is 3. The van der Waals surface area contributed by atoms with Crippen LogP contribution in [0.25, 0.3) is 0 Å². The summed E-state index contributed by atoms with van der Waals surface area (Å²) in [6.07, 6.45) is 4.21. The first-order valence-electron chi connectivity index (χ1n) is 5.53. The molecule has 3 rings (SSSR count). The molecule has 1 aliphatic rings. The molecule has 2 aromatic heterocycles. The normalized spacial score (nSPS) is 14.7. The molecule has 17 heavy (non-hydrogen) atoms. The predicted octanol–water partition coefficient (Wildman–Crippen LogP) is 0.681. The van der Waals surface area contributed by atoms with Crippen molar-refractivity contribution in [2.75, 3.05) is 6.54 Å². The highest BCUT2D eigenvalue weighted by atomic mass is 16.1. The molecule has 0 saturated heterocycles. The van der Waals surface area contributed by atoms with Crippen LogP contribution in [-0.2, 0) is 13.0 Å². The van der Waals surface area contributed by atoms with Crippen LogP contribution in [0.4, 0.5) is 0 Å². The van der Waals surface area contributed by atoms with Gasteiger partial charge in [0.05, 0.1) is 12.2 Å². The zero-order valence-electron chi connectivity index (χ0n) is 9.23. The van der Waals surface area contributed by atoms with Gasteiger partial charge in [0.1, 0.15) is 11.5 Å². The van der Waals surface area contributed by atoms with Gasteiger partial charge in [-0.3, -0.25) is 9.78 Å². The summed E-state index contributed by atoms with van der Waals surface area (Å²) in [5, 5.41) is 3.04. The van der Waals surface area contributed by atoms with Crippen molar-refractivity contribution < 1.29 is 4.79 Å². The second-order valence-corrected chi connectivity index (χ2v) is 4.07. The summed E-state index contributed by atoms with van der Waals surface area (Å²) < 4.78 is 0. The van der Waals surface area contributed by atoms with E-state index in [0.29, 0.717) is 25.2 Å². The van der Waals surface area contributed by atoms with E-state index >= 15 is 0 Å². The molecule has 0 aromatic carbocycles. The average Bonchev–Trinajstić information content (AvgIpc) is 2.74. The molecule has 5 heteroatoms. The molecule has 0 amide bonds. The van der Waals surface area contributed by atoms with E-state index in [0.717, 1.165) is 17.1 Å². The fourth-order valence-corrected chi connectivity index (χ4v) is 1.98. The molecule has 0 aliphatic carbocycles. The lowest BCUT2D eigenvalue weighted by Gasteiger charge is -2.08. The molecule has 0 fully saturated rings. The second kappa shape index (κ2) is 4.10. The molecule has 0 saturated carbocycles. The number of aromatic amines is 1. The van der Waals surface area contributed by atoms with Gasteiger partial charge in [-0.25, -0.2) is 4.98 Å². The molecular formula is C12H12N4O. The number of H-pyrrole nitrogens is 1. The topological polar surface area (TPSA) is 70.7 Å². The van der Waals surface area contributed by atoms with Crippen LogP contribution in [0.3, 0.4) is 0 Å². The first-order chi connectivity index (χ1) is 8.33. The molecule has 0 atom stereocenters. The maximum Gasteiger partial charge on any atom is 0.196 e. The third-order valence-corrected chi connectivity index (χ3v) is 2.80. The largest absolute Gasteiger partial charge is 0.344 e. The van der Waals surface area contributed by atoms with Gasteiger partial charge in [0.2, 0.25) is 0 Å². The van der Waals surface area contributed by atoms with Crippen molar-refractivity contribution in [2.24, 2.45) is 0 Å². The minimum absolute atomic E-state index is 0.0588.